The van der Waals surface area contributed by atoms with Gasteiger partial charge < -0.3 is 69.7 Å². The lowest BCUT2D eigenvalue weighted by Crippen LogP contribution is -2.60. The number of ether oxygens (including phenoxy) is 3. The Kier molecular flexibility index (Phi) is 7.71. The standard InChI is InChI=1S/C26H28O15/c27-6-15-18(33)21(36)22(37)26(40-15)41-25-20(35)17(23-13(32)4-9(28)7-38-23)19(34)16-12(31)5-14(39-24(16)25)8-1-2-10(29)11(30)3-8/h1-3,5,9,13,15,18,21-23,26-30,32-37H,4,6-7H2/t9-,13+,15+,18+,21+,22+,23+,26+/m0/s1. The molecule has 1 aromatic heterocycles. The van der Waals surface area contributed by atoms with Crippen LogP contribution in [0.5, 0.6) is 28.7 Å². The van der Waals surface area contributed by atoms with Crippen molar-refractivity contribution in [1.29, 1.82) is 0 Å². The van der Waals surface area contributed by atoms with E-state index in [4.69, 9.17) is 18.6 Å². The van der Waals surface area contributed by atoms with E-state index in [0.29, 0.717) is 0 Å². The second-order valence-electron chi connectivity index (χ2n) is 9.85. The Bertz CT molecular complexity index is 1500. The average molecular weight is 580 g/mol. The summed E-state index contributed by atoms with van der Waals surface area (Å²) in [5.74, 6) is -3.73. The third kappa shape index (κ3) is 5.02. The van der Waals surface area contributed by atoms with Gasteiger partial charge in [0.1, 0.15) is 47.4 Å². The van der Waals surface area contributed by atoms with Crippen molar-refractivity contribution in [3.05, 3.63) is 40.1 Å². The predicted molar refractivity (Wildman–Crippen MR) is 134 cm³/mol. The monoisotopic (exact) mass is 580 g/mol. The highest BCUT2D eigenvalue weighted by Crippen LogP contribution is 2.50. The minimum absolute atomic E-state index is 0.0844. The minimum atomic E-state index is -1.95. The number of benzene rings is 2. The van der Waals surface area contributed by atoms with E-state index < -0.39 is 106 Å². The number of aliphatic hydroxyl groups excluding tert-OH is 6. The zero-order valence-electron chi connectivity index (χ0n) is 21.1. The Balaban J connectivity index is 1.73. The number of hydrogen-bond donors (Lipinski definition) is 10. The van der Waals surface area contributed by atoms with Crippen LogP contribution in [-0.2, 0) is 9.47 Å². The fraction of sp³-hybridized carbons (Fsp3) is 0.423. The molecule has 2 aliphatic heterocycles. The molecular weight excluding hydrogens is 552 g/mol. The Labute approximate surface area is 229 Å². The predicted octanol–water partition coefficient (Wildman–Crippen LogP) is -1.36. The molecule has 0 radical (unpaired) electrons. The first-order chi connectivity index (χ1) is 19.4. The fourth-order valence-electron chi connectivity index (χ4n) is 4.90. The summed E-state index contributed by atoms with van der Waals surface area (Å²) in [6.07, 6.45) is -13.0. The zero-order chi connectivity index (χ0) is 29.7. The van der Waals surface area contributed by atoms with E-state index in [1.165, 1.54) is 6.07 Å². The molecule has 0 amide bonds. The number of aliphatic hydroxyl groups is 6. The van der Waals surface area contributed by atoms with Crippen LogP contribution >= 0.6 is 0 Å². The average Bonchev–Trinajstić information content (AvgIpc) is 2.93. The number of fused-ring (bicyclic) bond motifs is 1. The van der Waals surface area contributed by atoms with Gasteiger partial charge in [0.15, 0.2) is 28.3 Å². The highest BCUT2D eigenvalue weighted by molar-refractivity contribution is 5.93. The van der Waals surface area contributed by atoms with Crippen molar-refractivity contribution < 1.29 is 69.7 Å². The van der Waals surface area contributed by atoms with E-state index in [1.54, 1.807) is 0 Å². The highest BCUT2D eigenvalue weighted by Gasteiger charge is 2.46. The van der Waals surface area contributed by atoms with Crippen molar-refractivity contribution in [2.24, 2.45) is 0 Å². The molecule has 0 spiro atoms. The normalized spacial score (nSPS) is 30.4. The van der Waals surface area contributed by atoms with Gasteiger partial charge in [-0.25, -0.2) is 0 Å². The van der Waals surface area contributed by atoms with E-state index in [2.05, 4.69) is 0 Å². The van der Waals surface area contributed by atoms with Crippen molar-refractivity contribution in [2.45, 2.75) is 55.4 Å². The summed E-state index contributed by atoms with van der Waals surface area (Å²) in [5.41, 5.74) is -1.92. The molecule has 3 aromatic rings. The van der Waals surface area contributed by atoms with Crippen LogP contribution in [0.2, 0.25) is 0 Å². The first-order valence-corrected chi connectivity index (χ1v) is 12.5. The summed E-state index contributed by atoms with van der Waals surface area (Å²) in [4.78, 5) is 13.3. The van der Waals surface area contributed by atoms with Crippen LogP contribution in [0.25, 0.3) is 22.3 Å². The molecule has 5 rings (SSSR count). The number of rotatable bonds is 5. The lowest BCUT2D eigenvalue weighted by Gasteiger charge is -2.39. The number of phenolic OH excluding ortho intramolecular Hbond substituents is 4. The van der Waals surface area contributed by atoms with E-state index >= 15 is 0 Å². The molecule has 8 atom stereocenters. The van der Waals surface area contributed by atoms with Gasteiger partial charge in [-0.3, -0.25) is 4.79 Å². The smallest absolute Gasteiger partial charge is 0.229 e. The summed E-state index contributed by atoms with van der Waals surface area (Å²) in [6.45, 7) is -1.09. The van der Waals surface area contributed by atoms with Crippen LogP contribution in [-0.4, -0.2) is 107 Å². The second-order valence-corrected chi connectivity index (χ2v) is 9.85. The van der Waals surface area contributed by atoms with Gasteiger partial charge in [0.05, 0.1) is 31.0 Å². The summed E-state index contributed by atoms with van der Waals surface area (Å²) in [5, 5.41) is 102. The molecule has 41 heavy (non-hydrogen) atoms. The van der Waals surface area contributed by atoms with Crippen molar-refractivity contribution in [3.8, 4) is 40.1 Å². The van der Waals surface area contributed by atoms with Crippen LogP contribution in [0.1, 0.15) is 18.1 Å². The molecule has 0 unspecified atom stereocenters. The SMILES string of the molecule is O=c1cc(-c2ccc(O)c(O)c2)oc2c(O[C@H]3O[C@H](CO)[C@@H](O)[C@@H](O)[C@H]3O)c(O)c([C@@H]3OC[C@@H](O)C[C@H]3O)c(O)c12. The largest absolute Gasteiger partial charge is 0.506 e. The van der Waals surface area contributed by atoms with Gasteiger partial charge >= 0.3 is 0 Å². The van der Waals surface area contributed by atoms with E-state index in [0.717, 1.165) is 18.2 Å². The zero-order valence-corrected chi connectivity index (χ0v) is 21.1. The van der Waals surface area contributed by atoms with E-state index in [9.17, 15) is 55.9 Å². The van der Waals surface area contributed by atoms with E-state index in [1.807, 2.05) is 0 Å². The van der Waals surface area contributed by atoms with E-state index in [-0.39, 0.29) is 24.4 Å². The molecule has 2 aliphatic rings. The Morgan fingerprint density at radius 3 is 2.29 bits per heavy atom. The maximum Gasteiger partial charge on any atom is 0.229 e. The molecule has 10 N–H and O–H groups in total. The van der Waals surface area contributed by atoms with Gasteiger partial charge in [0.2, 0.25) is 12.0 Å². The van der Waals surface area contributed by atoms with Crippen LogP contribution in [0.15, 0.2) is 33.5 Å². The van der Waals surface area contributed by atoms with Gasteiger partial charge in [-0.1, -0.05) is 0 Å². The Morgan fingerprint density at radius 2 is 1.63 bits per heavy atom. The molecule has 3 heterocycles. The third-order valence-electron chi connectivity index (χ3n) is 7.07. The van der Waals surface area contributed by atoms with Gasteiger partial charge in [-0.2, -0.15) is 0 Å². The maximum absolute atomic E-state index is 13.3. The van der Waals surface area contributed by atoms with Crippen molar-refractivity contribution >= 4 is 11.0 Å². The third-order valence-corrected chi connectivity index (χ3v) is 7.07. The summed E-state index contributed by atoms with van der Waals surface area (Å²) < 4.78 is 22.3. The van der Waals surface area contributed by atoms with Crippen molar-refractivity contribution in [3.63, 3.8) is 0 Å². The molecule has 2 aromatic carbocycles. The van der Waals surface area contributed by atoms with Gasteiger partial charge in [0.25, 0.3) is 0 Å². The number of aromatic hydroxyl groups is 4. The second kappa shape index (κ2) is 11.0. The van der Waals surface area contributed by atoms with Crippen LogP contribution < -0.4 is 10.2 Å². The van der Waals surface area contributed by atoms with Crippen LogP contribution in [0.3, 0.4) is 0 Å². The highest BCUT2D eigenvalue weighted by atomic mass is 16.7. The van der Waals surface area contributed by atoms with Gasteiger partial charge in [-0.05, 0) is 18.2 Å². The van der Waals surface area contributed by atoms with Gasteiger partial charge in [0, 0.05) is 18.1 Å². The quantitative estimate of drug-likeness (QED) is 0.156. The van der Waals surface area contributed by atoms with Crippen molar-refractivity contribution in [2.75, 3.05) is 13.2 Å². The molecule has 0 saturated carbocycles. The molecular formula is C26H28O15. The lowest BCUT2D eigenvalue weighted by molar-refractivity contribution is -0.277. The summed E-state index contributed by atoms with van der Waals surface area (Å²) in [6, 6.07) is 4.43. The molecule has 2 saturated heterocycles. The summed E-state index contributed by atoms with van der Waals surface area (Å²) in [7, 11) is 0. The topological polar surface area (TPSA) is 260 Å². The molecule has 15 heteroatoms. The minimum Gasteiger partial charge on any atom is -0.506 e. The molecule has 2 fully saturated rings. The van der Waals surface area contributed by atoms with Crippen LogP contribution in [0.4, 0.5) is 0 Å². The molecule has 0 aliphatic carbocycles. The fourth-order valence-corrected chi connectivity index (χ4v) is 4.90. The Hall–Kier alpha value is -3.67. The Morgan fingerprint density at radius 1 is 0.902 bits per heavy atom. The van der Waals surface area contributed by atoms with Gasteiger partial charge in [-0.15, -0.1) is 0 Å². The van der Waals surface area contributed by atoms with Crippen molar-refractivity contribution in [1.82, 2.24) is 0 Å². The molecule has 15 nitrogen and oxygen atoms in total. The molecule has 222 valence electrons. The first kappa shape index (κ1) is 28.8. The maximum atomic E-state index is 13.3. The first-order valence-electron chi connectivity index (χ1n) is 12.5. The molecule has 0 bridgehead atoms. The van der Waals surface area contributed by atoms with Crippen LogP contribution in [0, 0.1) is 0 Å². The number of phenols is 4. The number of hydrogen-bond acceptors (Lipinski definition) is 15. The lowest BCUT2D eigenvalue weighted by atomic mass is 9.93. The summed E-state index contributed by atoms with van der Waals surface area (Å²) >= 11 is 0.